The molecule has 0 bridgehead atoms. The maximum atomic E-state index is 11.5. The lowest BCUT2D eigenvalue weighted by Crippen LogP contribution is -2.49. The predicted molar refractivity (Wildman–Crippen MR) is 161 cm³/mol. The summed E-state index contributed by atoms with van der Waals surface area (Å²) in [7, 11) is 0. The Morgan fingerprint density at radius 3 is 2.15 bits per heavy atom. The summed E-state index contributed by atoms with van der Waals surface area (Å²) in [5.41, 5.74) is 0.983. The zero-order valence-corrected chi connectivity index (χ0v) is 26.5. The van der Waals surface area contributed by atoms with E-state index in [4.69, 9.17) is 4.74 Å². The van der Waals surface area contributed by atoms with Crippen LogP contribution in [0.5, 0.6) is 0 Å². The smallest absolute Gasteiger partial charge is 0.308 e. The molecule has 0 spiro atoms. The van der Waals surface area contributed by atoms with Crippen LogP contribution >= 0.6 is 0 Å². The number of aliphatic carboxylic acids is 1. The molecule has 7 heteroatoms. The summed E-state index contributed by atoms with van der Waals surface area (Å²) in [6, 6.07) is 0. The zero-order chi connectivity index (χ0) is 30.7. The lowest BCUT2D eigenvalue weighted by atomic mass is 9.76. The number of rotatable bonds is 17. The highest BCUT2D eigenvalue weighted by atomic mass is 16.5. The van der Waals surface area contributed by atoms with E-state index in [1.165, 1.54) is 0 Å². The topological polar surface area (TPSA) is 127 Å². The van der Waals surface area contributed by atoms with Crippen molar-refractivity contribution in [3.8, 4) is 0 Å². The second kappa shape index (κ2) is 17.6. The fourth-order valence-corrected chi connectivity index (χ4v) is 6.19. The van der Waals surface area contributed by atoms with E-state index in [9.17, 15) is 30.3 Å². The van der Waals surface area contributed by atoms with Gasteiger partial charge in [-0.25, -0.2) is 0 Å². The summed E-state index contributed by atoms with van der Waals surface area (Å²) in [5, 5.41) is 53.1. The van der Waals surface area contributed by atoms with Crippen molar-refractivity contribution in [2.45, 2.75) is 137 Å². The van der Waals surface area contributed by atoms with Crippen LogP contribution in [-0.2, 0) is 9.53 Å². The van der Waals surface area contributed by atoms with Gasteiger partial charge in [0.1, 0.15) is 0 Å². The highest BCUT2D eigenvalue weighted by Crippen LogP contribution is 2.36. The number of ether oxygens (including phenoxy) is 1. The lowest BCUT2D eigenvalue weighted by molar-refractivity contribution is -0.169. The second-order valence-corrected chi connectivity index (χ2v) is 12.9. The first kappa shape index (κ1) is 36.8. The summed E-state index contributed by atoms with van der Waals surface area (Å²) in [6.45, 7) is 17.5. The normalized spacial score (nSPS) is 28.2. The maximum absolute atomic E-state index is 11.5. The lowest BCUT2D eigenvalue weighted by Gasteiger charge is -2.43. The third-order valence-corrected chi connectivity index (χ3v) is 9.35. The number of hydrogen-bond acceptors (Lipinski definition) is 6. The minimum absolute atomic E-state index is 0.0376. The predicted octanol–water partition coefficient (Wildman–Crippen LogP) is 5.60. The van der Waals surface area contributed by atoms with E-state index in [1.807, 2.05) is 32.9 Å². The molecule has 13 atom stereocenters. The maximum Gasteiger partial charge on any atom is 0.308 e. The van der Waals surface area contributed by atoms with Gasteiger partial charge in [-0.1, -0.05) is 73.1 Å². The van der Waals surface area contributed by atoms with E-state index in [0.29, 0.717) is 25.2 Å². The summed E-state index contributed by atoms with van der Waals surface area (Å²) >= 11 is 0. The molecule has 1 fully saturated rings. The van der Waals surface area contributed by atoms with Crippen LogP contribution in [0.15, 0.2) is 23.8 Å². The molecule has 0 saturated carbocycles. The molecule has 5 N–H and O–H groups in total. The Hall–Kier alpha value is -1.25. The van der Waals surface area contributed by atoms with Crippen LogP contribution in [0, 0.1) is 41.4 Å². The molecule has 0 radical (unpaired) electrons. The number of carboxylic acid groups (broad SMARTS) is 1. The average molecular weight is 569 g/mol. The van der Waals surface area contributed by atoms with Gasteiger partial charge in [-0.2, -0.15) is 0 Å². The van der Waals surface area contributed by atoms with Crippen LogP contribution in [0.2, 0.25) is 0 Å². The fraction of sp³-hybridized carbons (Fsp3) is 0.848. The molecule has 13 unspecified atom stereocenters. The average Bonchev–Trinajstić information content (AvgIpc) is 2.92. The van der Waals surface area contributed by atoms with Crippen molar-refractivity contribution in [2.75, 3.05) is 0 Å². The Labute approximate surface area is 243 Å². The first-order valence-electron chi connectivity index (χ1n) is 15.6. The first-order chi connectivity index (χ1) is 18.6. The van der Waals surface area contributed by atoms with E-state index >= 15 is 0 Å². The summed E-state index contributed by atoms with van der Waals surface area (Å²) in [4.78, 5) is 11.5. The van der Waals surface area contributed by atoms with Crippen LogP contribution < -0.4 is 0 Å². The number of allylic oxidation sites excluding steroid dienone is 2. The third-order valence-electron chi connectivity index (χ3n) is 9.35. The van der Waals surface area contributed by atoms with Crippen molar-refractivity contribution >= 4 is 5.97 Å². The molecule has 1 aliphatic heterocycles. The molecule has 1 aliphatic rings. The van der Waals surface area contributed by atoms with E-state index in [0.717, 1.165) is 24.8 Å². The van der Waals surface area contributed by atoms with Crippen molar-refractivity contribution in [3.05, 3.63) is 23.8 Å². The van der Waals surface area contributed by atoms with Crippen LogP contribution in [0.25, 0.3) is 0 Å². The van der Waals surface area contributed by atoms with Gasteiger partial charge in [-0.15, -0.1) is 0 Å². The van der Waals surface area contributed by atoms with Gasteiger partial charge in [0.25, 0.3) is 0 Å². The Balaban J connectivity index is 2.66. The van der Waals surface area contributed by atoms with Gasteiger partial charge in [0, 0.05) is 23.7 Å². The third kappa shape index (κ3) is 10.9. The number of aliphatic hydroxyl groups excluding tert-OH is 4. The van der Waals surface area contributed by atoms with Gasteiger partial charge in [0.05, 0.1) is 42.5 Å². The Bertz CT molecular complexity index is 796. The second-order valence-electron chi connectivity index (χ2n) is 12.9. The monoisotopic (exact) mass is 568 g/mol. The number of carboxylic acids is 1. The van der Waals surface area contributed by atoms with Gasteiger partial charge in [-0.3, -0.25) is 4.79 Å². The summed E-state index contributed by atoms with van der Waals surface area (Å²) in [5.74, 6) is -2.17. The molecule has 40 heavy (non-hydrogen) atoms. The Morgan fingerprint density at radius 2 is 1.57 bits per heavy atom. The molecule has 1 heterocycles. The molecule has 1 rings (SSSR count). The van der Waals surface area contributed by atoms with Crippen LogP contribution in [0.3, 0.4) is 0 Å². The van der Waals surface area contributed by atoms with Gasteiger partial charge in [0.15, 0.2) is 0 Å². The van der Waals surface area contributed by atoms with E-state index in [2.05, 4.69) is 26.8 Å². The summed E-state index contributed by atoms with van der Waals surface area (Å²) < 4.78 is 6.19. The van der Waals surface area contributed by atoms with Gasteiger partial charge < -0.3 is 30.3 Å². The standard InChI is InChI=1S/C33H60O7/c1-10-13-19(2)18-22(5)29(35)20(3)14-11-12-15-27(34)23(6)30(36)25(8)31(37)26(9)32-21(4)16-17-28(40-32)24(7)33(38)39/h11,14,18-21,23-32,34-37H,10,12-13,15-17H2,1-9H3,(H,38,39). The molecule has 7 nitrogen and oxygen atoms in total. The summed E-state index contributed by atoms with van der Waals surface area (Å²) in [6.07, 6.45) is 7.17. The number of aliphatic hydroxyl groups is 4. The van der Waals surface area contributed by atoms with Crippen molar-refractivity contribution in [1.29, 1.82) is 0 Å². The molecular formula is C33H60O7. The largest absolute Gasteiger partial charge is 0.481 e. The highest BCUT2D eigenvalue weighted by molar-refractivity contribution is 5.70. The zero-order valence-electron chi connectivity index (χ0n) is 26.5. The highest BCUT2D eigenvalue weighted by Gasteiger charge is 2.41. The Morgan fingerprint density at radius 1 is 0.950 bits per heavy atom. The van der Waals surface area contributed by atoms with Crippen molar-refractivity contribution < 1.29 is 35.1 Å². The van der Waals surface area contributed by atoms with Gasteiger partial charge in [0.2, 0.25) is 0 Å². The van der Waals surface area contributed by atoms with Crippen LogP contribution in [0.1, 0.15) is 101 Å². The van der Waals surface area contributed by atoms with Gasteiger partial charge in [-0.05, 0) is 63.4 Å². The Kier molecular flexibility index (Phi) is 16.2. The van der Waals surface area contributed by atoms with E-state index in [1.54, 1.807) is 20.8 Å². The molecular weight excluding hydrogens is 508 g/mol. The SMILES string of the molecule is CCCC(C)C=C(C)C(O)C(C)C=CCCC(O)C(C)C(O)C(C)C(O)C(C)C1OC(C(C)C(=O)O)CCC1C. The molecule has 1 saturated heterocycles. The molecule has 0 aromatic heterocycles. The van der Waals surface area contributed by atoms with E-state index in [-0.39, 0.29) is 23.9 Å². The quantitative estimate of drug-likeness (QED) is 0.145. The van der Waals surface area contributed by atoms with Crippen LogP contribution in [-0.4, -0.2) is 68.1 Å². The molecule has 234 valence electrons. The molecule has 0 aromatic rings. The van der Waals surface area contributed by atoms with Crippen molar-refractivity contribution in [3.63, 3.8) is 0 Å². The van der Waals surface area contributed by atoms with Crippen LogP contribution in [0.4, 0.5) is 0 Å². The number of carbonyl (C=O) groups is 1. The molecule has 0 aromatic carbocycles. The van der Waals surface area contributed by atoms with E-state index < -0.39 is 54.2 Å². The van der Waals surface area contributed by atoms with Crippen molar-refractivity contribution in [1.82, 2.24) is 0 Å². The molecule has 0 aliphatic carbocycles. The minimum Gasteiger partial charge on any atom is -0.481 e. The number of hydrogen-bond donors (Lipinski definition) is 5. The minimum atomic E-state index is -0.914. The first-order valence-corrected chi connectivity index (χ1v) is 15.6. The van der Waals surface area contributed by atoms with Gasteiger partial charge >= 0.3 is 5.97 Å². The fourth-order valence-electron chi connectivity index (χ4n) is 6.19. The molecule has 0 amide bonds. The van der Waals surface area contributed by atoms with Crippen molar-refractivity contribution in [2.24, 2.45) is 41.4 Å².